The van der Waals surface area contributed by atoms with Crippen LogP contribution >= 0.6 is 7.37 Å². The van der Waals surface area contributed by atoms with Gasteiger partial charge in [-0.3, -0.25) is 4.57 Å². The maximum atomic E-state index is 12.4. The SMILES string of the molecule is CCOC(OCC)P(=O)(O)C[C@H](O)CN[C@@H](C)c1cccc(C(=O)O)c1.[LiH]. The summed E-state index contributed by atoms with van der Waals surface area (Å²) in [6, 6.07) is 4.96. The van der Waals surface area contributed by atoms with Crippen LogP contribution in [0.5, 0.6) is 0 Å². The predicted octanol–water partition coefficient (Wildman–Crippen LogP) is 1.37. The summed E-state index contributed by atoms with van der Waals surface area (Å²) in [5.41, 5.74) is 0.915. The first-order chi connectivity index (χ1) is 12.2. The molecule has 0 spiro atoms. The van der Waals surface area contributed by atoms with Crippen molar-refractivity contribution in [2.75, 3.05) is 25.9 Å². The molecule has 1 aromatic rings. The van der Waals surface area contributed by atoms with Crippen LogP contribution < -0.4 is 5.32 Å². The van der Waals surface area contributed by atoms with Crippen molar-refractivity contribution in [1.29, 1.82) is 0 Å². The van der Waals surface area contributed by atoms with Gasteiger partial charge in [0, 0.05) is 25.8 Å². The number of hydrogen-bond donors (Lipinski definition) is 4. The number of carboxylic acid groups (broad SMARTS) is 1. The van der Waals surface area contributed by atoms with E-state index in [9.17, 15) is 19.4 Å². The Hall–Kier alpha value is -0.683. The summed E-state index contributed by atoms with van der Waals surface area (Å²) in [6.07, 6.45) is -1.45. The van der Waals surface area contributed by atoms with Crippen LogP contribution in [0.25, 0.3) is 0 Å². The van der Waals surface area contributed by atoms with Gasteiger partial charge in [-0.1, -0.05) is 12.1 Å². The van der Waals surface area contributed by atoms with Gasteiger partial charge in [0.15, 0.2) is 0 Å². The third-order valence-corrected chi connectivity index (χ3v) is 5.62. The molecular formula is C17H29LiNO7P. The number of nitrogens with one attached hydrogen (secondary N) is 1. The fraction of sp³-hybridized carbons (Fsp3) is 0.588. The first kappa shape index (κ1) is 26.3. The summed E-state index contributed by atoms with van der Waals surface area (Å²) in [7, 11) is -3.86. The van der Waals surface area contributed by atoms with E-state index in [-0.39, 0.29) is 56.4 Å². The molecule has 1 unspecified atom stereocenters. The minimum absolute atomic E-state index is 0. The van der Waals surface area contributed by atoms with Gasteiger partial charge in [-0.15, -0.1) is 0 Å². The van der Waals surface area contributed by atoms with Gasteiger partial charge in [-0.25, -0.2) is 4.79 Å². The number of benzene rings is 1. The molecule has 0 amide bonds. The van der Waals surface area contributed by atoms with E-state index in [1.807, 2.05) is 6.92 Å². The fourth-order valence-electron chi connectivity index (χ4n) is 2.39. The van der Waals surface area contributed by atoms with E-state index >= 15 is 0 Å². The molecule has 4 N–H and O–H groups in total. The van der Waals surface area contributed by atoms with Gasteiger partial charge in [0.2, 0.25) is 6.03 Å². The van der Waals surface area contributed by atoms with Crippen molar-refractivity contribution in [2.24, 2.45) is 0 Å². The number of rotatable bonds is 12. The molecule has 0 aliphatic rings. The zero-order valence-corrected chi connectivity index (χ0v) is 16.2. The molecule has 1 rings (SSSR count). The Morgan fingerprint density at radius 2 is 1.85 bits per heavy atom. The molecule has 8 nitrogen and oxygen atoms in total. The van der Waals surface area contributed by atoms with Crippen LogP contribution in [0.1, 0.15) is 42.7 Å². The normalized spacial score (nSPS) is 15.6. The van der Waals surface area contributed by atoms with Gasteiger partial charge in [0.25, 0.3) is 7.37 Å². The molecule has 0 aliphatic carbocycles. The van der Waals surface area contributed by atoms with E-state index in [0.717, 1.165) is 5.56 Å². The van der Waals surface area contributed by atoms with Crippen LogP contribution in [0.2, 0.25) is 0 Å². The Morgan fingerprint density at radius 1 is 1.26 bits per heavy atom. The zero-order valence-electron chi connectivity index (χ0n) is 15.3. The van der Waals surface area contributed by atoms with Crippen molar-refractivity contribution >= 4 is 32.2 Å². The second-order valence-electron chi connectivity index (χ2n) is 5.87. The van der Waals surface area contributed by atoms with E-state index < -0.39 is 25.5 Å². The maximum absolute atomic E-state index is 12.4. The van der Waals surface area contributed by atoms with E-state index in [1.165, 1.54) is 6.07 Å². The summed E-state index contributed by atoms with van der Waals surface area (Å²) < 4.78 is 22.7. The van der Waals surface area contributed by atoms with Crippen LogP contribution in [0.3, 0.4) is 0 Å². The number of aliphatic hydroxyl groups excluding tert-OH is 1. The van der Waals surface area contributed by atoms with Crippen LogP contribution in [-0.4, -0.2) is 78.0 Å². The van der Waals surface area contributed by atoms with Crippen LogP contribution in [-0.2, 0) is 14.0 Å². The van der Waals surface area contributed by atoms with Crippen LogP contribution in [0.15, 0.2) is 24.3 Å². The zero-order chi connectivity index (χ0) is 19.7. The van der Waals surface area contributed by atoms with Crippen LogP contribution in [0, 0.1) is 0 Å². The number of aromatic carboxylic acids is 1. The number of hydrogen-bond acceptors (Lipinski definition) is 6. The molecule has 0 radical (unpaired) electrons. The molecule has 27 heavy (non-hydrogen) atoms. The van der Waals surface area contributed by atoms with Gasteiger partial charge < -0.3 is 29.9 Å². The van der Waals surface area contributed by atoms with Crippen molar-refractivity contribution in [1.82, 2.24) is 5.32 Å². The molecule has 0 saturated heterocycles. The molecule has 150 valence electrons. The second kappa shape index (κ2) is 12.7. The van der Waals surface area contributed by atoms with E-state index in [4.69, 9.17) is 14.6 Å². The first-order valence-corrected chi connectivity index (χ1v) is 10.4. The number of ether oxygens (including phenoxy) is 2. The van der Waals surface area contributed by atoms with E-state index in [2.05, 4.69) is 5.32 Å². The van der Waals surface area contributed by atoms with Gasteiger partial charge in [-0.05, 0) is 38.5 Å². The minimum atomic E-state index is -3.86. The van der Waals surface area contributed by atoms with Gasteiger partial charge in [0.1, 0.15) is 0 Å². The summed E-state index contributed by atoms with van der Waals surface area (Å²) in [5, 5.41) is 22.2. The summed E-state index contributed by atoms with van der Waals surface area (Å²) in [4.78, 5) is 21.2. The summed E-state index contributed by atoms with van der Waals surface area (Å²) >= 11 is 0. The number of carbonyl (C=O) groups is 1. The van der Waals surface area contributed by atoms with Crippen molar-refractivity contribution in [2.45, 2.75) is 38.9 Å². The molecular weight excluding hydrogens is 368 g/mol. The fourth-order valence-corrected chi connectivity index (χ4v) is 4.06. The van der Waals surface area contributed by atoms with Crippen molar-refractivity contribution in [3.05, 3.63) is 35.4 Å². The molecule has 0 fully saturated rings. The number of carboxylic acids is 1. The van der Waals surface area contributed by atoms with Gasteiger partial charge >= 0.3 is 24.8 Å². The summed E-state index contributed by atoms with van der Waals surface area (Å²) in [5.74, 6) is -1.02. The number of aliphatic hydroxyl groups is 1. The Morgan fingerprint density at radius 3 is 2.37 bits per heavy atom. The molecule has 10 heteroatoms. The monoisotopic (exact) mass is 397 g/mol. The standard InChI is InChI=1S/C17H28NO7P.Li.H/c1-4-24-17(25-5-2)26(22,23)11-15(19)10-18-12(3)13-7-6-8-14(9-13)16(20)21;;/h6-9,12,15,17-19H,4-5,10-11H2,1-3H3,(H,20,21)(H,22,23);;/t12-,15+;;/m0../s1. The van der Waals surface area contributed by atoms with Crippen molar-refractivity contribution < 1.29 is 33.9 Å². The molecule has 3 atom stereocenters. The Bertz CT molecular complexity index is 625. The second-order valence-corrected chi connectivity index (χ2v) is 8.17. The average molecular weight is 397 g/mol. The van der Waals surface area contributed by atoms with Crippen LogP contribution in [0.4, 0.5) is 0 Å². The van der Waals surface area contributed by atoms with E-state index in [0.29, 0.717) is 0 Å². The topological polar surface area (TPSA) is 125 Å². The quantitative estimate of drug-likeness (QED) is 0.237. The third-order valence-electron chi connectivity index (χ3n) is 3.71. The molecule has 0 heterocycles. The molecule has 0 bridgehead atoms. The Kier molecular flexibility index (Phi) is 12.4. The molecule has 1 aromatic carbocycles. The first-order valence-electron chi connectivity index (χ1n) is 8.50. The Balaban J connectivity index is 0.00000676. The van der Waals surface area contributed by atoms with Gasteiger partial charge in [0.05, 0.1) is 17.8 Å². The van der Waals surface area contributed by atoms with Gasteiger partial charge in [-0.2, -0.15) is 0 Å². The van der Waals surface area contributed by atoms with E-state index in [1.54, 1.807) is 32.0 Å². The van der Waals surface area contributed by atoms with Crippen molar-refractivity contribution in [3.63, 3.8) is 0 Å². The summed E-state index contributed by atoms with van der Waals surface area (Å²) in [6.45, 7) is 5.71. The average Bonchev–Trinajstić information content (AvgIpc) is 2.59. The molecule has 0 saturated carbocycles. The Labute approximate surface area is 171 Å². The third kappa shape index (κ3) is 8.90. The molecule has 0 aliphatic heterocycles. The predicted molar refractivity (Wildman–Crippen MR) is 105 cm³/mol. The van der Waals surface area contributed by atoms with Crippen molar-refractivity contribution in [3.8, 4) is 0 Å². The molecule has 0 aromatic heterocycles.